The van der Waals surface area contributed by atoms with E-state index in [2.05, 4.69) is 16.0 Å². The molecule has 2 aromatic carbocycles. The van der Waals surface area contributed by atoms with Crippen LogP contribution in [0.2, 0.25) is 5.02 Å². The van der Waals surface area contributed by atoms with E-state index in [1.807, 2.05) is 12.1 Å². The number of nitriles is 1. The van der Waals surface area contributed by atoms with Crippen molar-refractivity contribution in [3.05, 3.63) is 70.5 Å². The van der Waals surface area contributed by atoms with E-state index >= 15 is 0 Å². The summed E-state index contributed by atoms with van der Waals surface area (Å²) >= 11 is 7.49. The van der Waals surface area contributed by atoms with Crippen LogP contribution in [-0.4, -0.2) is 36.3 Å². The molecule has 1 aliphatic heterocycles. The summed E-state index contributed by atoms with van der Waals surface area (Å²) in [6.07, 6.45) is 0. The zero-order chi connectivity index (χ0) is 20.9. The van der Waals surface area contributed by atoms with Crippen LogP contribution in [0.15, 0.2) is 53.7 Å². The number of rotatable bonds is 5. The molecule has 30 heavy (non-hydrogen) atoms. The fraction of sp³-hybridized carbons (Fsp3) is 0.227. The van der Waals surface area contributed by atoms with Gasteiger partial charge in [0.05, 0.1) is 18.9 Å². The standard InChI is InChI=1S/C22H18ClFN4OS/c23-17-5-3-16(4-6-17)20-19(13-25)21(28-9-11-29-12-10-28)27-22(26-20)30-14-15-1-7-18(24)8-2-15/h1-8H,9-12,14H2. The third-order valence-electron chi connectivity index (χ3n) is 4.69. The average molecular weight is 441 g/mol. The zero-order valence-corrected chi connectivity index (χ0v) is 17.6. The van der Waals surface area contributed by atoms with Crippen molar-refractivity contribution in [2.75, 3.05) is 31.2 Å². The van der Waals surface area contributed by atoms with E-state index in [9.17, 15) is 9.65 Å². The van der Waals surface area contributed by atoms with Crippen LogP contribution in [0, 0.1) is 17.1 Å². The Balaban J connectivity index is 1.73. The molecule has 1 aliphatic rings. The number of hydrogen-bond donors (Lipinski definition) is 0. The van der Waals surface area contributed by atoms with Crippen LogP contribution in [0.25, 0.3) is 11.3 Å². The highest BCUT2D eigenvalue weighted by Crippen LogP contribution is 2.32. The van der Waals surface area contributed by atoms with E-state index in [0.29, 0.717) is 59.3 Å². The van der Waals surface area contributed by atoms with Crippen LogP contribution >= 0.6 is 23.4 Å². The van der Waals surface area contributed by atoms with E-state index in [4.69, 9.17) is 21.3 Å². The molecule has 0 atom stereocenters. The predicted octanol–water partition coefficient (Wildman–Crippen LogP) is 4.94. The van der Waals surface area contributed by atoms with Gasteiger partial charge < -0.3 is 9.64 Å². The summed E-state index contributed by atoms with van der Waals surface area (Å²) in [6, 6.07) is 15.9. The van der Waals surface area contributed by atoms with Crippen molar-refractivity contribution in [3.63, 3.8) is 0 Å². The Labute approximate surface area is 183 Å². The first-order valence-electron chi connectivity index (χ1n) is 9.42. The summed E-state index contributed by atoms with van der Waals surface area (Å²) in [4.78, 5) is 11.4. The first-order chi connectivity index (χ1) is 14.6. The number of benzene rings is 2. The Kier molecular flexibility index (Phi) is 6.48. The van der Waals surface area contributed by atoms with E-state index in [1.54, 1.807) is 24.3 Å². The Morgan fingerprint density at radius 2 is 1.77 bits per heavy atom. The highest BCUT2D eigenvalue weighted by molar-refractivity contribution is 7.98. The number of thioether (sulfide) groups is 1. The van der Waals surface area contributed by atoms with E-state index in [0.717, 1.165) is 11.1 Å². The van der Waals surface area contributed by atoms with Crippen molar-refractivity contribution >= 4 is 29.2 Å². The molecule has 152 valence electrons. The Hall–Kier alpha value is -2.66. The second kappa shape index (κ2) is 9.43. The first-order valence-corrected chi connectivity index (χ1v) is 10.8. The summed E-state index contributed by atoms with van der Waals surface area (Å²) in [5.41, 5.74) is 2.78. The summed E-state index contributed by atoms with van der Waals surface area (Å²) in [6.45, 7) is 2.49. The van der Waals surface area contributed by atoms with Crippen LogP contribution in [0.3, 0.4) is 0 Å². The van der Waals surface area contributed by atoms with Gasteiger partial charge in [-0.3, -0.25) is 0 Å². The summed E-state index contributed by atoms with van der Waals surface area (Å²) in [7, 11) is 0. The molecular formula is C22H18ClFN4OS. The molecule has 0 amide bonds. The van der Waals surface area contributed by atoms with Crippen LogP contribution in [-0.2, 0) is 10.5 Å². The maximum atomic E-state index is 13.2. The third kappa shape index (κ3) is 4.73. The van der Waals surface area contributed by atoms with Crippen molar-refractivity contribution in [3.8, 4) is 17.3 Å². The Bertz CT molecular complexity index is 1060. The molecule has 1 fully saturated rings. The molecule has 0 bridgehead atoms. The lowest BCUT2D eigenvalue weighted by Gasteiger charge is -2.29. The third-order valence-corrected chi connectivity index (χ3v) is 5.86. The van der Waals surface area contributed by atoms with Gasteiger partial charge in [-0.25, -0.2) is 14.4 Å². The average Bonchev–Trinajstić information content (AvgIpc) is 2.79. The van der Waals surface area contributed by atoms with Crippen molar-refractivity contribution < 1.29 is 9.13 Å². The van der Waals surface area contributed by atoms with Crippen LogP contribution < -0.4 is 4.90 Å². The maximum absolute atomic E-state index is 13.2. The lowest BCUT2D eigenvalue weighted by molar-refractivity contribution is 0.122. The topological polar surface area (TPSA) is 62.0 Å². The monoisotopic (exact) mass is 440 g/mol. The van der Waals surface area contributed by atoms with Gasteiger partial charge in [-0.15, -0.1) is 0 Å². The molecule has 2 heterocycles. The summed E-state index contributed by atoms with van der Waals surface area (Å²) in [5, 5.41) is 11.1. The van der Waals surface area contributed by atoms with Crippen molar-refractivity contribution in [2.45, 2.75) is 10.9 Å². The van der Waals surface area contributed by atoms with Crippen LogP contribution in [0.1, 0.15) is 11.1 Å². The van der Waals surface area contributed by atoms with Crippen molar-refractivity contribution in [1.29, 1.82) is 5.26 Å². The number of aromatic nitrogens is 2. The lowest BCUT2D eigenvalue weighted by Crippen LogP contribution is -2.37. The number of hydrogen-bond acceptors (Lipinski definition) is 6. The van der Waals surface area contributed by atoms with Gasteiger partial charge in [-0.05, 0) is 29.8 Å². The quantitative estimate of drug-likeness (QED) is 0.414. The Morgan fingerprint density at radius 1 is 1.07 bits per heavy atom. The van der Waals surface area contributed by atoms with Crippen molar-refractivity contribution in [2.24, 2.45) is 0 Å². The molecule has 4 rings (SSSR count). The molecule has 0 spiro atoms. The lowest BCUT2D eigenvalue weighted by atomic mass is 10.1. The first kappa shape index (κ1) is 20.6. The molecule has 0 aliphatic carbocycles. The number of ether oxygens (including phenoxy) is 1. The van der Waals surface area contributed by atoms with Gasteiger partial charge in [0, 0.05) is 29.4 Å². The molecule has 0 radical (unpaired) electrons. The smallest absolute Gasteiger partial charge is 0.190 e. The van der Waals surface area contributed by atoms with Gasteiger partial charge in [-0.1, -0.05) is 47.6 Å². The fourth-order valence-corrected chi connectivity index (χ4v) is 4.07. The summed E-state index contributed by atoms with van der Waals surface area (Å²) in [5.74, 6) is 0.940. The van der Waals surface area contributed by atoms with E-state index < -0.39 is 0 Å². The Morgan fingerprint density at radius 3 is 2.43 bits per heavy atom. The van der Waals surface area contributed by atoms with E-state index in [1.165, 1.54) is 23.9 Å². The second-order valence-electron chi connectivity index (χ2n) is 6.69. The van der Waals surface area contributed by atoms with Gasteiger partial charge in [-0.2, -0.15) is 5.26 Å². The minimum atomic E-state index is -0.266. The fourth-order valence-electron chi connectivity index (χ4n) is 3.15. The van der Waals surface area contributed by atoms with Gasteiger partial charge in [0.15, 0.2) is 11.0 Å². The number of halogens is 2. The maximum Gasteiger partial charge on any atom is 0.190 e. The van der Waals surface area contributed by atoms with Crippen LogP contribution in [0.4, 0.5) is 10.2 Å². The molecule has 0 saturated carbocycles. The molecule has 5 nitrogen and oxygen atoms in total. The molecule has 8 heteroatoms. The molecule has 1 saturated heterocycles. The SMILES string of the molecule is N#Cc1c(-c2ccc(Cl)cc2)nc(SCc2ccc(F)cc2)nc1N1CCOCC1. The number of anilines is 1. The molecule has 0 unspecified atom stereocenters. The summed E-state index contributed by atoms with van der Waals surface area (Å²) < 4.78 is 18.6. The van der Waals surface area contributed by atoms with Crippen LogP contribution in [0.5, 0.6) is 0 Å². The molecule has 1 aromatic heterocycles. The van der Waals surface area contributed by atoms with Gasteiger partial charge in [0.25, 0.3) is 0 Å². The number of morpholine rings is 1. The van der Waals surface area contributed by atoms with Gasteiger partial charge in [0.2, 0.25) is 0 Å². The normalized spacial score (nSPS) is 13.8. The zero-order valence-electron chi connectivity index (χ0n) is 16.0. The van der Waals surface area contributed by atoms with Gasteiger partial charge >= 0.3 is 0 Å². The van der Waals surface area contributed by atoms with Crippen molar-refractivity contribution in [1.82, 2.24) is 9.97 Å². The van der Waals surface area contributed by atoms with Gasteiger partial charge in [0.1, 0.15) is 17.4 Å². The second-order valence-corrected chi connectivity index (χ2v) is 8.07. The molecule has 0 N–H and O–H groups in total. The number of nitrogens with zero attached hydrogens (tertiary/aromatic N) is 4. The van der Waals surface area contributed by atoms with E-state index in [-0.39, 0.29) is 5.82 Å². The molecule has 3 aromatic rings. The largest absolute Gasteiger partial charge is 0.378 e. The molecular weight excluding hydrogens is 423 g/mol. The highest BCUT2D eigenvalue weighted by atomic mass is 35.5. The minimum absolute atomic E-state index is 0.266. The minimum Gasteiger partial charge on any atom is -0.378 e. The highest BCUT2D eigenvalue weighted by Gasteiger charge is 2.22. The predicted molar refractivity (Wildman–Crippen MR) is 116 cm³/mol.